The third-order valence-electron chi connectivity index (χ3n) is 4.37. The van der Waals surface area contributed by atoms with E-state index in [1.54, 1.807) is 6.92 Å². The third kappa shape index (κ3) is 5.22. The molecule has 1 aromatic heterocycles. The Kier molecular flexibility index (Phi) is 7.21. The minimum Gasteiger partial charge on any atom is -0.370 e. The number of primary sulfonamides is 1. The molecule has 12 nitrogen and oxygen atoms in total. The monoisotopic (exact) mass is 471 g/mol. The fourth-order valence-electron chi connectivity index (χ4n) is 2.99. The Hall–Kier alpha value is -1.81. The number of amides is 1. The number of rotatable bonds is 9. The smallest absolute Gasteiger partial charge is 0.294 e. The van der Waals surface area contributed by atoms with E-state index in [-0.39, 0.29) is 40.2 Å². The van der Waals surface area contributed by atoms with Crippen molar-refractivity contribution in [3.8, 4) is 0 Å². The number of fused-ring (bicyclic) bond motifs is 1. The lowest BCUT2D eigenvalue weighted by molar-refractivity contribution is -0.758. The quantitative estimate of drug-likeness (QED) is 0.297. The minimum absolute atomic E-state index is 0.0835. The summed E-state index contributed by atoms with van der Waals surface area (Å²) in [5, 5.41) is 13.4. The van der Waals surface area contributed by atoms with Gasteiger partial charge in [-0.15, -0.1) is 21.5 Å². The Labute approximate surface area is 171 Å². The van der Waals surface area contributed by atoms with Gasteiger partial charge in [0, 0.05) is 12.1 Å². The molecule has 29 heavy (non-hydrogen) atoms. The first-order chi connectivity index (χ1) is 13.4. The highest BCUT2D eigenvalue weighted by Crippen LogP contribution is 2.44. The number of hydrogen-bond acceptors (Lipinski definition) is 10. The van der Waals surface area contributed by atoms with Gasteiger partial charge in [0.05, 0.1) is 17.9 Å². The van der Waals surface area contributed by atoms with Crippen LogP contribution in [0.5, 0.6) is 0 Å². The van der Waals surface area contributed by atoms with E-state index in [4.69, 9.17) is 9.88 Å². The Morgan fingerprint density at radius 3 is 2.66 bits per heavy atom. The van der Waals surface area contributed by atoms with Crippen molar-refractivity contribution in [2.24, 2.45) is 5.14 Å². The van der Waals surface area contributed by atoms with Crippen LogP contribution in [0.3, 0.4) is 0 Å². The van der Waals surface area contributed by atoms with Crippen LogP contribution in [0.15, 0.2) is 14.5 Å². The summed E-state index contributed by atoms with van der Waals surface area (Å²) in [7, 11) is -7.86. The maximum absolute atomic E-state index is 12.6. The molecular weight excluding hydrogens is 450 g/mol. The number of likely N-dealkylation sites (N-methyl/N-ethyl adjacent to an activating group) is 1. The van der Waals surface area contributed by atoms with Crippen molar-refractivity contribution in [1.82, 2.24) is 4.90 Å². The highest BCUT2D eigenvalue weighted by molar-refractivity contribution is 7.95. The lowest BCUT2D eigenvalue weighted by atomic mass is 10.0. The largest absolute Gasteiger partial charge is 0.370 e. The summed E-state index contributed by atoms with van der Waals surface area (Å²) < 4.78 is 53.4. The molecule has 0 aliphatic carbocycles. The van der Waals surface area contributed by atoms with Crippen molar-refractivity contribution in [1.29, 1.82) is 0 Å². The molecule has 0 saturated heterocycles. The predicted molar refractivity (Wildman–Crippen MR) is 101 cm³/mol. The van der Waals surface area contributed by atoms with Crippen LogP contribution in [-0.4, -0.2) is 64.3 Å². The Balaban J connectivity index is 2.27. The highest BCUT2D eigenvalue weighted by atomic mass is 32.3. The van der Waals surface area contributed by atoms with Crippen molar-refractivity contribution in [3.05, 3.63) is 21.7 Å². The van der Waals surface area contributed by atoms with Gasteiger partial charge in [0.2, 0.25) is 15.9 Å². The zero-order valence-electron chi connectivity index (χ0n) is 15.6. The number of sulfone groups is 1. The summed E-state index contributed by atoms with van der Waals surface area (Å²) in [6.45, 7) is 2.48. The van der Waals surface area contributed by atoms with Crippen molar-refractivity contribution in [2.75, 3.05) is 26.4 Å². The van der Waals surface area contributed by atoms with Gasteiger partial charge < -0.3 is 14.5 Å². The van der Waals surface area contributed by atoms with Crippen molar-refractivity contribution < 1.29 is 36.3 Å². The molecule has 2 rings (SSSR count). The van der Waals surface area contributed by atoms with Gasteiger partial charge in [-0.1, -0.05) is 0 Å². The van der Waals surface area contributed by atoms with Gasteiger partial charge in [-0.25, -0.2) is 22.0 Å². The average molecular weight is 472 g/mol. The zero-order chi connectivity index (χ0) is 22.0. The fraction of sp³-hybridized carbons (Fsp3) is 0.643. The van der Waals surface area contributed by atoms with E-state index in [0.29, 0.717) is 11.3 Å². The molecule has 2 heterocycles. The van der Waals surface area contributed by atoms with Gasteiger partial charge >= 0.3 is 0 Å². The predicted octanol–water partition coefficient (Wildman–Crippen LogP) is 0.0759. The number of thiophene rings is 1. The number of carbonyl (C=O) groups excluding carboxylic acids is 1. The van der Waals surface area contributed by atoms with E-state index in [0.717, 1.165) is 0 Å². The van der Waals surface area contributed by atoms with E-state index in [1.807, 2.05) is 0 Å². The van der Waals surface area contributed by atoms with E-state index >= 15 is 0 Å². The SMILES string of the molecule is CCN(C(=O)COCCO[N+](=O)[O-])[C@H]1CC(C)S(=O)(=O)c2sc(S(N)(=O)=O)cc21. The summed E-state index contributed by atoms with van der Waals surface area (Å²) in [5.74, 6) is -0.473. The number of nitrogens with zero attached hydrogens (tertiary/aromatic N) is 2. The van der Waals surface area contributed by atoms with Crippen LogP contribution in [0.1, 0.15) is 31.9 Å². The van der Waals surface area contributed by atoms with Gasteiger partial charge in [-0.05, 0) is 26.3 Å². The Bertz CT molecular complexity index is 987. The van der Waals surface area contributed by atoms with Crippen molar-refractivity contribution >= 4 is 37.1 Å². The van der Waals surface area contributed by atoms with E-state index in [1.165, 1.54) is 17.9 Å². The molecule has 2 atom stereocenters. The molecule has 0 radical (unpaired) electrons. The number of ether oxygens (including phenoxy) is 1. The van der Waals surface area contributed by atoms with Crippen LogP contribution in [0.25, 0.3) is 0 Å². The standard InChI is InChI=1S/C14H21N3O9S3/c1-3-16(12(18)8-25-4-5-26-17(19)20)11-6-9(2)28(21,22)14-10(11)7-13(27-14)29(15,23)24/h7,9,11H,3-6,8H2,1-2H3,(H2,15,23,24)/t9?,11-/m0/s1. The molecule has 0 saturated carbocycles. The van der Waals surface area contributed by atoms with Gasteiger partial charge in [0.15, 0.2) is 9.84 Å². The lowest BCUT2D eigenvalue weighted by Gasteiger charge is -2.35. The second-order valence-corrected chi connectivity index (χ2v) is 11.7. The second kappa shape index (κ2) is 8.91. The molecule has 1 amide bonds. The summed E-state index contributed by atoms with van der Waals surface area (Å²) in [5.41, 5.74) is 0.212. The van der Waals surface area contributed by atoms with Crippen LogP contribution < -0.4 is 5.14 Å². The fourth-order valence-corrected chi connectivity index (χ4v) is 7.39. The molecule has 1 unspecified atom stereocenters. The highest BCUT2D eigenvalue weighted by Gasteiger charge is 2.42. The minimum atomic E-state index is -4.11. The van der Waals surface area contributed by atoms with Gasteiger partial charge in [-0.2, -0.15) is 0 Å². The first kappa shape index (κ1) is 23.5. The maximum atomic E-state index is 12.6. The Morgan fingerprint density at radius 2 is 2.10 bits per heavy atom. The molecule has 0 spiro atoms. The second-order valence-electron chi connectivity index (χ2n) is 6.25. The summed E-state index contributed by atoms with van der Waals surface area (Å²) in [6, 6.07) is 0.525. The van der Waals surface area contributed by atoms with E-state index in [2.05, 4.69) is 4.84 Å². The summed E-state index contributed by atoms with van der Waals surface area (Å²) in [4.78, 5) is 28.1. The van der Waals surface area contributed by atoms with Crippen LogP contribution in [0.4, 0.5) is 0 Å². The molecule has 1 aliphatic rings. The molecule has 0 aromatic carbocycles. The van der Waals surface area contributed by atoms with Crippen molar-refractivity contribution in [3.63, 3.8) is 0 Å². The zero-order valence-corrected chi connectivity index (χ0v) is 18.1. The Morgan fingerprint density at radius 1 is 1.45 bits per heavy atom. The number of nitrogens with two attached hydrogens (primary N) is 1. The molecule has 0 fully saturated rings. The molecule has 1 aromatic rings. The molecule has 2 N–H and O–H groups in total. The number of hydrogen-bond donors (Lipinski definition) is 1. The molecule has 0 bridgehead atoms. The van der Waals surface area contributed by atoms with E-state index < -0.39 is 48.8 Å². The van der Waals surface area contributed by atoms with Gasteiger partial charge in [0.1, 0.15) is 21.6 Å². The normalized spacial score (nSPS) is 20.7. The van der Waals surface area contributed by atoms with Gasteiger partial charge in [-0.3, -0.25) is 4.79 Å². The van der Waals surface area contributed by atoms with Crippen LogP contribution in [-0.2, 0) is 34.2 Å². The maximum Gasteiger partial charge on any atom is 0.294 e. The number of carbonyl (C=O) groups is 1. The van der Waals surface area contributed by atoms with Gasteiger partial charge in [0.25, 0.3) is 5.09 Å². The first-order valence-electron chi connectivity index (χ1n) is 8.44. The van der Waals surface area contributed by atoms with Crippen LogP contribution >= 0.6 is 11.3 Å². The molecular formula is C14H21N3O9S3. The molecule has 164 valence electrons. The average Bonchev–Trinajstić information content (AvgIpc) is 3.06. The lowest BCUT2D eigenvalue weighted by Crippen LogP contribution is -2.41. The van der Waals surface area contributed by atoms with Crippen molar-refractivity contribution in [2.45, 2.75) is 40.0 Å². The number of sulfonamides is 1. The molecule has 15 heteroatoms. The molecule has 1 aliphatic heterocycles. The van der Waals surface area contributed by atoms with Crippen LogP contribution in [0, 0.1) is 10.1 Å². The topological polar surface area (TPSA) is 176 Å². The first-order valence-corrected chi connectivity index (χ1v) is 12.4. The summed E-state index contributed by atoms with van der Waals surface area (Å²) in [6.07, 6.45) is 0.0835. The van der Waals surface area contributed by atoms with E-state index in [9.17, 15) is 31.7 Å². The van der Waals surface area contributed by atoms with Crippen LogP contribution in [0.2, 0.25) is 0 Å². The summed E-state index contributed by atoms with van der Waals surface area (Å²) >= 11 is 0.573. The third-order valence-corrected chi connectivity index (χ3v) is 9.69.